The Morgan fingerprint density at radius 3 is 3.18 bits per heavy atom. The molecule has 0 saturated carbocycles. The van der Waals surface area contributed by atoms with Crippen molar-refractivity contribution in [1.82, 2.24) is 4.98 Å². The normalized spacial score (nSPS) is 10.6. The molecule has 1 heterocycles. The molecule has 0 saturated heterocycles. The SMILES string of the molecule is NOC/C=C/c1cccnc1. The number of nitrogens with two attached hydrogens (primary N) is 1. The molecular formula is C8H10N2O. The average molecular weight is 150 g/mol. The molecule has 0 aliphatic rings. The van der Waals surface area contributed by atoms with Gasteiger partial charge in [-0.25, -0.2) is 5.90 Å². The lowest BCUT2D eigenvalue weighted by Gasteiger charge is -1.89. The molecule has 11 heavy (non-hydrogen) atoms. The van der Waals surface area contributed by atoms with Crippen LogP contribution < -0.4 is 5.90 Å². The molecule has 3 heteroatoms. The lowest BCUT2D eigenvalue weighted by Crippen LogP contribution is -1.96. The Balaban J connectivity index is 2.50. The number of rotatable bonds is 3. The first-order chi connectivity index (χ1) is 5.43. The van der Waals surface area contributed by atoms with Gasteiger partial charge in [-0.1, -0.05) is 18.2 Å². The number of hydrogen-bond acceptors (Lipinski definition) is 3. The van der Waals surface area contributed by atoms with Crippen LogP contribution in [-0.2, 0) is 4.84 Å². The highest BCUT2D eigenvalue weighted by molar-refractivity contribution is 5.47. The molecule has 0 aromatic carbocycles. The van der Waals surface area contributed by atoms with Gasteiger partial charge in [-0.05, 0) is 11.6 Å². The molecule has 0 amide bonds. The first-order valence-electron chi connectivity index (χ1n) is 3.32. The van der Waals surface area contributed by atoms with E-state index >= 15 is 0 Å². The summed E-state index contributed by atoms with van der Waals surface area (Å²) in [4.78, 5) is 8.30. The molecule has 3 nitrogen and oxygen atoms in total. The van der Waals surface area contributed by atoms with Crippen molar-refractivity contribution in [2.24, 2.45) is 5.90 Å². The fraction of sp³-hybridized carbons (Fsp3) is 0.125. The maximum Gasteiger partial charge on any atom is 0.0864 e. The monoisotopic (exact) mass is 150 g/mol. The quantitative estimate of drug-likeness (QED) is 0.653. The van der Waals surface area contributed by atoms with Gasteiger partial charge in [-0.15, -0.1) is 0 Å². The molecule has 1 aromatic rings. The van der Waals surface area contributed by atoms with Crippen LogP contribution >= 0.6 is 0 Å². The molecule has 58 valence electrons. The third-order valence-electron chi connectivity index (χ3n) is 1.19. The lowest BCUT2D eigenvalue weighted by molar-refractivity contribution is 0.168. The van der Waals surface area contributed by atoms with E-state index in [1.807, 2.05) is 24.3 Å². The fourth-order valence-corrected chi connectivity index (χ4v) is 0.714. The lowest BCUT2D eigenvalue weighted by atomic mass is 10.3. The van der Waals surface area contributed by atoms with Crippen molar-refractivity contribution in [3.05, 3.63) is 36.2 Å². The Morgan fingerprint density at radius 2 is 2.55 bits per heavy atom. The third-order valence-corrected chi connectivity index (χ3v) is 1.19. The van der Waals surface area contributed by atoms with Crippen LogP contribution in [-0.4, -0.2) is 11.6 Å². The van der Waals surface area contributed by atoms with Crippen LogP contribution in [0.3, 0.4) is 0 Å². The Kier molecular flexibility index (Phi) is 3.31. The zero-order valence-corrected chi connectivity index (χ0v) is 6.10. The molecule has 0 atom stereocenters. The van der Waals surface area contributed by atoms with E-state index in [9.17, 15) is 0 Å². The van der Waals surface area contributed by atoms with Gasteiger partial charge in [0.1, 0.15) is 0 Å². The highest BCUT2D eigenvalue weighted by Crippen LogP contribution is 1.97. The average Bonchev–Trinajstić information content (AvgIpc) is 2.07. The Labute approximate surface area is 65.5 Å². The summed E-state index contributed by atoms with van der Waals surface area (Å²) in [7, 11) is 0. The molecular weight excluding hydrogens is 140 g/mol. The molecule has 1 aromatic heterocycles. The molecule has 1 rings (SSSR count). The second-order valence-electron chi connectivity index (χ2n) is 2.02. The molecule has 0 spiro atoms. The van der Waals surface area contributed by atoms with Crippen LogP contribution in [0.25, 0.3) is 6.08 Å². The van der Waals surface area contributed by atoms with Gasteiger partial charge < -0.3 is 4.84 Å². The topological polar surface area (TPSA) is 48.1 Å². The third kappa shape index (κ3) is 2.93. The van der Waals surface area contributed by atoms with E-state index < -0.39 is 0 Å². The minimum atomic E-state index is 0.425. The molecule has 0 bridgehead atoms. The van der Waals surface area contributed by atoms with Crippen molar-refractivity contribution in [3.63, 3.8) is 0 Å². The first kappa shape index (κ1) is 7.91. The van der Waals surface area contributed by atoms with E-state index in [1.54, 1.807) is 12.4 Å². The van der Waals surface area contributed by atoms with Gasteiger partial charge in [0.25, 0.3) is 0 Å². The van der Waals surface area contributed by atoms with Crippen molar-refractivity contribution < 1.29 is 4.84 Å². The summed E-state index contributed by atoms with van der Waals surface area (Å²) in [5.74, 6) is 4.83. The molecule has 0 aliphatic carbocycles. The largest absolute Gasteiger partial charge is 0.300 e. The second kappa shape index (κ2) is 4.60. The van der Waals surface area contributed by atoms with E-state index in [2.05, 4.69) is 9.82 Å². The van der Waals surface area contributed by atoms with Gasteiger partial charge in [0.2, 0.25) is 0 Å². The van der Waals surface area contributed by atoms with Crippen molar-refractivity contribution in [3.8, 4) is 0 Å². The molecule has 0 fully saturated rings. The Bertz CT molecular complexity index is 221. The van der Waals surface area contributed by atoms with Crippen molar-refractivity contribution in [2.45, 2.75) is 0 Å². The van der Waals surface area contributed by atoms with Gasteiger partial charge >= 0.3 is 0 Å². The number of pyridine rings is 1. The molecule has 0 radical (unpaired) electrons. The fourth-order valence-electron chi connectivity index (χ4n) is 0.714. The predicted molar refractivity (Wildman–Crippen MR) is 43.4 cm³/mol. The molecule has 0 aliphatic heterocycles. The van der Waals surface area contributed by atoms with Crippen LogP contribution in [0.2, 0.25) is 0 Å². The van der Waals surface area contributed by atoms with Gasteiger partial charge in [0.05, 0.1) is 6.61 Å². The van der Waals surface area contributed by atoms with Gasteiger partial charge in [0.15, 0.2) is 0 Å². The van der Waals surface area contributed by atoms with Gasteiger partial charge in [0, 0.05) is 12.4 Å². The van der Waals surface area contributed by atoms with E-state index in [0.717, 1.165) is 5.56 Å². The first-order valence-corrected chi connectivity index (χ1v) is 3.32. The highest BCUT2D eigenvalue weighted by atomic mass is 16.6. The maximum atomic E-state index is 4.83. The summed E-state index contributed by atoms with van der Waals surface area (Å²) in [6, 6.07) is 3.84. The zero-order chi connectivity index (χ0) is 7.94. The van der Waals surface area contributed by atoms with Crippen LogP contribution in [0, 0.1) is 0 Å². The summed E-state index contributed by atoms with van der Waals surface area (Å²) in [5.41, 5.74) is 1.05. The highest BCUT2D eigenvalue weighted by Gasteiger charge is 1.81. The van der Waals surface area contributed by atoms with Crippen LogP contribution in [0.4, 0.5) is 0 Å². The predicted octanol–water partition coefficient (Wildman–Crippen LogP) is 0.985. The summed E-state index contributed by atoms with van der Waals surface area (Å²) in [6.45, 7) is 0.425. The van der Waals surface area contributed by atoms with Crippen LogP contribution in [0.15, 0.2) is 30.6 Å². The summed E-state index contributed by atoms with van der Waals surface area (Å²) in [5, 5.41) is 0. The number of nitrogens with zero attached hydrogens (tertiary/aromatic N) is 1. The van der Waals surface area contributed by atoms with E-state index in [1.165, 1.54) is 0 Å². The summed E-state index contributed by atoms with van der Waals surface area (Å²) in [6.07, 6.45) is 7.24. The summed E-state index contributed by atoms with van der Waals surface area (Å²) >= 11 is 0. The second-order valence-corrected chi connectivity index (χ2v) is 2.02. The van der Waals surface area contributed by atoms with Gasteiger partial charge in [-0.3, -0.25) is 4.98 Å². The standard InChI is InChI=1S/C8H10N2O/c9-11-6-2-4-8-3-1-5-10-7-8/h1-5,7H,6,9H2/b4-2+. The molecule has 0 unspecified atom stereocenters. The Hall–Kier alpha value is -1.19. The van der Waals surface area contributed by atoms with Crippen LogP contribution in [0.5, 0.6) is 0 Å². The number of hydrogen-bond donors (Lipinski definition) is 1. The minimum Gasteiger partial charge on any atom is -0.300 e. The van der Waals surface area contributed by atoms with Crippen molar-refractivity contribution >= 4 is 6.08 Å². The van der Waals surface area contributed by atoms with Crippen LogP contribution in [0.1, 0.15) is 5.56 Å². The molecule has 2 N–H and O–H groups in total. The maximum absolute atomic E-state index is 4.83. The zero-order valence-electron chi connectivity index (χ0n) is 6.10. The van der Waals surface area contributed by atoms with E-state index in [-0.39, 0.29) is 0 Å². The van der Waals surface area contributed by atoms with Crippen molar-refractivity contribution in [2.75, 3.05) is 6.61 Å². The Morgan fingerprint density at radius 1 is 1.64 bits per heavy atom. The summed E-state index contributed by atoms with van der Waals surface area (Å²) < 4.78 is 0. The minimum absolute atomic E-state index is 0.425. The smallest absolute Gasteiger partial charge is 0.0864 e. The number of aromatic nitrogens is 1. The van der Waals surface area contributed by atoms with E-state index in [0.29, 0.717) is 6.61 Å². The van der Waals surface area contributed by atoms with Crippen molar-refractivity contribution in [1.29, 1.82) is 0 Å². The van der Waals surface area contributed by atoms with E-state index in [4.69, 9.17) is 5.90 Å². The van der Waals surface area contributed by atoms with Gasteiger partial charge in [-0.2, -0.15) is 0 Å².